The summed E-state index contributed by atoms with van der Waals surface area (Å²) in [7, 11) is 1.64. The zero-order valence-electron chi connectivity index (χ0n) is 9.03. The maximum atomic E-state index is 12.5. The van der Waals surface area contributed by atoms with Crippen molar-refractivity contribution in [2.24, 2.45) is 0 Å². The van der Waals surface area contributed by atoms with Crippen molar-refractivity contribution in [3.8, 4) is 5.82 Å². The monoisotopic (exact) mass is 321 g/mol. The Labute approximate surface area is 108 Å². The number of hydrogen-bond acceptors (Lipinski definition) is 4. The fraction of sp³-hybridized carbons (Fsp3) is 0.222. The first kappa shape index (κ1) is 12.8. The van der Waals surface area contributed by atoms with E-state index in [9.17, 15) is 13.2 Å². The number of hydrogen-bond donors (Lipinski definition) is 1. The van der Waals surface area contributed by atoms with Gasteiger partial charge in [-0.1, -0.05) is 0 Å². The van der Waals surface area contributed by atoms with Gasteiger partial charge in [-0.25, -0.2) is 14.6 Å². The molecule has 9 heteroatoms. The molecule has 2 rings (SSSR count). The average Bonchev–Trinajstić information content (AvgIpc) is 2.78. The van der Waals surface area contributed by atoms with Crippen LogP contribution >= 0.6 is 15.9 Å². The predicted octanol–water partition coefficient (Wildman–Crippen LogP) is 2.49. The highest BCUT2D eigenvalue weighted by Crippen LogP contribution is 2.30. The molecule has 18 heavy (non-hydrogen) atoms. The van der Waals surface area contributed by atoms with Crippen molar-refractivity contribution >= 4 is 21.7 Å². The van der Waals surface area contributed by atoms with E-state index in [4.69, 9.17) is 0 Å². The Bertz CT molecular complexity index is 566. The molecule has 0 spiro atoms. The highest BCUT2D eigenvalue weighted by atomic mass is 79.9. The molecule has 0 fully saturated rings. The van der Waals surface area contributed by atoms with Crippen LogP contribution in [0.2, 0.25) is 0 Å². The van der Waals surface area contributed by atoms with Crippen molar-refractivity contribution in [1.82, 2.24) is 19.7 Å². The van der Waals surface area contributed by atoms with Gasteiger partial charge in [0.15, 0.2) is 5.82 Å². The van der Waals surface area contributed by atoms with E-state index < -0.39 is 11.7 Å². The van der Waals surface area contributed by atoms with Crippen LogP contribution < -0.4 is 5.32 Å². The molecule has 0 saturated carbocycles. The summed E-state index contributed by atoms with van der Waals surface area (Å²) in [5.41, 5.74) is -0.834. The van der Waals surface area contributed by atoms with Gasteiger partial charge in [-0.2, -0.15) is 18.3 Å². The van der Waals surface area contributed by atoms with Crippen molar-refractivity contribution in [2.75, 3.05) is 12.4 Å². The van der Waals surface area contributed by atoms with Crippen molar-refractivity contribution in [3.05, 3.63) is 28.8 Å². The summed E-state index contributed by atoms with van der Waals surface area (Å²) in [5, 5.41) is 6.42. The minimum Gasteiger partial charge on any atom is -0.372 e. The van der Waals surface area contributed by atoms with Crippen LogP contribution in [0.25, 0.3) is 5.82 Å². The van der Waals surface area contributed by atoms with E-state index in [1.807, 2.05) is 0 Å². The van der Waals surface area contributed by atoms with Crippen LogP contribution in [0.15, 0.2) is 23.2 Å². The van der Waals surface area contributed by atoms with Crippen LogP contribution in [0.1, 0.15) is 5.56 Å². The van der Waals surface area contributed by atoms with Crippen LogP contribution in [-0.2, 0) is 6.18 Å². The second kappa shape index (κ2) is 4.56. The van der Waals surface area contributed by atoms with E-state index in [0.29, 0.717) is 10.3 Å². The summed E-state index contributed by atoms with van der Waals surface area (Å²) >= 11 is 3.21. The van der Waals surface area contributed by atoms with Gasteiger partial charge in [0.2, 0.25) is 0 Å². The molecule has 0 aromatic carbocycles. The first-order valence-corrected chi connectivity index (χ1v) is 5.53. The first-order valence-electron chi connectivity index (χ1n) is 4.74. The summed E-state index contributed by atoms with van der Waals surface area (Å²) in [4.78, 5) is 7.79. The zero-order chi connectivity index (χ0) is 13.3. The Balaban J connectivity index is 2.47. The minimum atomic E-state index is -4.43. The lowest BCUT2D eigenvalue weighted by atomic mass is 10.3. The van der Waals surface area contributed by atoms with E-state index >= 15 is 0 Å². The molecule has 0 aliphatic rings. The number of nitrogens with zero attached hydrogens (tertiary/aromatic N) is 4. The maximum Gasteiger partial charge on any atom is 0.419 e. The Morgan fingerprint density at radius 3 is 2.61 bits per heavy atom. The average molecular weight is 322 g/mol. The largest absolute Gasteiger partial charge is 0.419 e. The van der Waals surface area contributed by atoms with Gasteiger partial charge in [0.25, 0.3) is 0 Å². The molecule has 2 aromatic rings. The summed E-state index contributed by atoms with van der Waals surface area (Å²) in [5.74, 6) is 0.689. The standard InChI is InChI=1S/C9H7BrF3N5/c1-14-7-6(10)8(16-4-15-7)18-3-5(2-17-18)9(11,12)13/h2-4H,1H3,(H,14,15,16). The summed E-state index contributed by atoms with van der Waals surface area (Å²) in [6.07, 6.45) is -1.58. The third-order valence-corrected chi connectivity index (χ3v) is 2.87. The minimum absolute atomic E-state index is 0.227. The Kier molecular flexibility index (Phi) is 3.24. The molecule has 96 valence electrons. The van der Waals surface area contributed by atoms with Gasteiger partial charge in [-0.15, -0.1) is 0 Å². The molecule has 5 nitrogen and oxygen atoms in total. The molecule has 1 N–H and O–H groups in total. The molecule has 0 atom stereocenters. The molecule has 2 heterocycles. The Hall–Kier alpha value is -1.64. The van der Waals surface area contributed by atoms with Crippen molar-refractivity contribution < 1.29 is 13.2 Å². The number of alkyl halides is 3. The predicted molar refractivity (Wildman–Crippen MR) is 61.4 cm³/mol. The highest BCUT2D eigenvalue weighted by molar-refractivity contribution is 9.10. The lowest BCUT2D eigenvalue weighted by Crippen LogP contribution is -2.05. The fourth-order valence-electron chi connectivity index (χ4n) is 1.28. The molecule has 0 aliphatic carbocycles. The van der Waals surface area contributed by atoms with E-state index in [1.165, 1.54) is 6.33 Å². The maximum absolute atomic E-state index is 12.5. The quantitative estimate of drug-likeness (QED) is 0.923. The molecular formula is C9H7BrF3N5. The van der Waals surface area contributed by atoms with E-state index in [0.717, 1.165) is 17.1 Å². The van der Waals surface area contributed by atoms with Crippen LogP contribution in [0.4, 0.5) is 19.0 Å². The summed E-state index contributed by atoms with van der Waals surface area (Å²) in [6.45, 7) is 0. The summed E-state index contributed by atoms with van der Waals surface area (Å²) < 4.78 is 38.8. The Morgan fingerprint density at radius 2 is 2.06 bits per heavy atom. The second-order valence-corrected chi connectivity index (χ2v) is 4.07. The van der Waals surface area contributed by atoms with E-state index in [1.54, 1.807) is 7.05 Å². The van der Waals surface area contributed by atoms with Crippen LogP contribution in [0.3, 0.4) is 0 Å². The van der Waals surface area contributed by atoms with E-state index in [2.05, 4.69) is 36.3 Å². The molecule has 0 saturated heterocycles. The van der Waals surface area contributed by atoms with Crippen LogP contribution in [0.5, 0.6) is 0 Å². The van der Waals surface area contributed by atoms with Gasteiger partial charge in [0.1, 0.15) is 16.6 Å². The zero-order valence-corrected chi connectivity index (χ0v) is 10.6. The smallest absolute Gasteiger partial charge is 0.372 e. The van der Waals surface area contributed by atoms with Crippen molar-refractivity contribution in [2.45, 2.75) is 6.18 Å². The normalized spacial score (nSPS) is 11.6. The fourth-order valence-corrected chi connectivity index (χ4v) is 1.86. The van der Waals surface area contributed by atoms with Gasteiger partial charge in [-0.3, -0.25) is 0 Å². The molecule has 0 bridgehead atoms. The van der Waals surface area contributed by atoms with Crippen LogP contribution in [-0.4, -0.2) is 26.8 Å². The number of nitrogens with one attached hydrogen (secondary N) is 1. The lowest BCUT2D eigenvalue weighted by Gasteiger charge is -2.07. The third-order valence-electron chi connectivity index (χ3n) is 2.13. The van der Waals surface area contributed by atoms with Gasteiger partial charge in [0, 0.05) is 13.2 Å². The second-order valence-electron chi connectivity index (χ2n) is 3.28. The van der Waals surface area contributed by atoms with Gasteiger partial charge >= 0.3 is 6.18 Å². The van der Waals surface area contributed by atoms with Gasteiger partial charge < -0.3 is 5.32 Å². The molecular weight excluding hydrogens is 315 g/mol. The molecule has 0 unspecified atom stereocenters. The summed E-state index contributed by atoms with van der Waals surface area (Å²) in [6, 6.07) is 0. The van der Waals surface area contributed by atoms with Gasteiger partial charge in [-0.05, 0) is 15.9 Å². The number of halogens is 4. The van der Waals surface area contributed by atoms with Crippen LogP contribution in [0, 0.1) is 0 Å². The number of aromatic nitrogens is 4. The first-order chi connectivity index (χ1) is 8.43. The van der Waals surface area contributed by atoms with E-state index in [-0.39, 0.29) is 5.82 Å². The van der Waals surface area contributed by atoms with Gasteiger partial charge in [0.05, 0.1) is 11.8 Å². The number of rotatable bonds is 2. The molecule has 0 radical (unpaired) electrons. The molecule has 0 amide bonds. The lowest BCUT2D eigenvalue weighted by molar-refractivity contribution is -0.137. The Morgan fingerprint density at radius 1 is 1.33 bits per heavy atom. The van der Waals surface area contributed by atoms with Crippen molar-refractivity contribution in [3.63, 3.8) is 0 Å². The van der Waals surface area contributed by atoms with Crippen molar-refractivity contribution in [1.29, 1.82) is 0 Å². The third kappa shape index (κ3) is 2.30. The highest BCUT2D eigenvalue weighted by Gasteiger charge is 2.32. The molecule has 2 aromatic heterocycles. The number of anilines is 1. The molecule has 0 aliphatic heterocycles. The SMILES string of the molecule is CNc1ncnc(-n2cc(C(F)(F)F)cn2)c1Br. The topological polar surface area (TPSA) is 55.6 Å².